The molecule has 4 heterocycles. The number of aromatic nitrogens is 5. The van der Waals surface area contributed by atoms with E-state index in [4.69, 9.17) is 9.97 Å². The Kier molecular flexibility index (Phi) is 7.52. The highest BCUT2D eigenvalue weighted by atomic mass is 16.2. The molecule has 0 radical (unpaired) electrons. The van der Waals surface area contributed by atoms with Crippen LogP contribution in [0.2, 0.25) is 0 Å². The Morgan fingerprint density at radius 1 is 1.18 bits per heavy atom. The number of nitrogens with zero attached hydrogens (tertiary/aromatic N) is 6. The average molecular weight is 463 g/mol. The van der Waals surface area contributed by atoms with Gasteiger partial charge in [0, 0.05) is 44.6 Å². The number of aryl methyl sites for hydroxylation is 2. The summed E-state index contributed by atoms with van der Waals surface area (Å²) in [6, 6.07) is 6.58. The van der Waals surface area contributed by atoms with Crippen molar-refractivity contribution in [1.29, 1.82) is 0 Å². The predicted molar refractivity (Wildman–Crippen MR) is 131 cm³/mol. The highest BCUT2D eigenvalue weighted by Gasteiger charge is 2.29. The van der Waals surface area contributed by atoms with Crippen LogP contribution in [0.5, 0.6) is 0 Å². The Morgan fingerprint density at radius 2 is 1.94 bits per heavy atom. The van der Waals surface area contributed by atoms with Crippen LogP contribution < -0.4 is 5.32 Å². The van der Waals surface area contributed by atoms with Crippen LogP contribution >= 0.6 is 0 Å². The molecule has 9 nitrogen and oxygen atoms in total. The van der Waals surface area contributed by atoms with Crippen molar-refractivity contribution in [2.24, 2.45) is 0 Å². The minimum Gasteiger partial charge on any atom is -0.324 e. The third-order valence-electron chi connectivity index (χ3n) is 6.49. The molecule has 1 aliphatic heterocycles. The number of aromatic amines is 1. The zero-order valence-electron chi connectivity index (χ0n) is 20.5. The SMILES string of the molecule is Cc1cnc(CN(Cc2ncccc2C(C)C)C2CCN(C(=O)Nc3cn[nH]n3)CC2)c(C)c1. The lowest BCUT2D eigenvalue weighted by Crippen LogP contribution is -2.47. The van der Waals surface area contributed by atoms with E-state index in [2.05, 4.69) is 65.5 Å². The van der Waals surface area contributed by atoms with Gasteiger partial charge in [0.15, 0.2) is 5.82 Å². The number of urea groups is 1. The molecular weight excluding hydrogens is 428 g/mol. The molecular formula is C25H34N8O. The summed E-state index contributed by atoms with van der Waals surface area (Å²) >= 11 is 0. The molecule has 1 fully saturated rings. The maximum absolute atomic E-state index is 12.6. The molecule has 1 saturated heterocycles. The Bertz CT molecular complexity index is 1090. The van der Waals surface area contributed by atoms with E-state index in [0.29, 0.717) is 30.9 Å². The predicted octanol–water partition coefficient (Wildman–Crippen LogP) is 4.03. The lowest BCUT2D eigenvalue weighted by atomic mass is 9.98. The summed E-state index contributed by atoms with van der Waals surface area (Å²) in [5.41, 5.74) is 5.88. The first-order valence-corrected chi connectivity index (χ1v) is 11.9. The molecule has 1 aliphatic rings. The van der Waals surface area contributed by atoms with Gasteiger partial charge < -0.3 is 4.90 Å². The van der Waals surface area contributed by atoms with Crippen molar-refractivity contribution in [3.63, 3.8) is 0 Å². The number of amides is 2. The Hall–Kier alpha value is -3.33. The van der Waals surface area contributed by atoms with E-state index in [1.54, 1.807) is 0 Å². The largest absolute Gasteiger partial charge is 0.324 e. The molecule has 0 atom stereocenters. The van der Waals surface area contributed by atoms with Crippen LogP contribution in [0.25, 0.3) is 0 Å². The van der Waals surface area contributed by atoms with Crippen LogP contribution in [-0.4, -0.2) is 60.3 Å². The number of nitrogens with one attached hydrogen (secondary N) is 2. The Morgan fingerprint density at radius 3 is 2.62 bits per heavy atom. The molecule has 34 heavy (non-hydrogen) atoms. The molecule has 0 bridgehead atoms. The second-order valence-corrected chi connectivity index (χ2v) is 9.38. The van der Waals surface area contributed by atoms with Crippen LogP contribution in [-0.2, 0) is 13.1 Å². The number of pyridine rings is 2. The van der Waals surface area contributed by atoms with E-state index in [9.17, 15) is 4.79 Å². The summed E-state index contributed by atoms with van der Waals surface area (Å²) < 4.78 is 0. The first-order valence-electron chi connectivity index (χ1n) is 11.9. The van der Waals surface area contributed by atoms with E-state index >= 15 is 0 Å². The van der Waals surface area contributed by atoms with Crippen molar-refractivity contribution in [2.45, 2.75) is 65.6 Å². The molecule has 9 heteroatoms. The smallest absolute Gasteiger partial charge is 0.323 e. The summed E-state index contributed by atoms with van der Waals surface area (Å²) in [6.45, 7) is 11.5. The second-order valence-electron chi connectivity index (χ2n) is 9.38. The molecule has 0 unspecified atom stereocenters. The number of piperidine rings is 1. The molecule has 0 spiro atoms. The third-order valence-corrected chi connectivity index (χ3v) is 6.49. The van der Waals surface area contributed by atoms with Crippen LogP contribution in [0.1, 0.15) is 60.7 Å². The Labute approximate surface area is 201 Å². The van der Waals surface area contributed by atoms with Crippen molar-refractivity contribution in [1.82, 2.24) is 35.2 Å². The monoisotopic (exact) mass is 462 g/mol. The number of hydrogen-bond acceptors (Lipinski definition) is 6. The summed E-state index contributed by atoms with van der Waals surface area (Å²) in [4.78, 5) is 26.4. The fraction of sp³-hybridized carbons (Fsp3) is 0.480. The van der Waals surface area contributed by atoms with Gasteiger partial charge in [-0.05, 0) is 55.4 Å². The van der Waals surface area contributed by atoms with E-state index < -0.39 is 0 Å². The number of rotatable bonds is 7. The van der Waals surface area contributed by atoms with E-state index in [1.165, 1.54) is 22.9 Å². The van der Waals surface area contributed by atoms with Crippen LogP contribution in [0.3, 0.4) is 0 Å². The highest BCUT2D eigenvalue weighted by Crippen LogP contribution is 2.25. The molecule has 3 aromatic rings. The summed E-state index contributed by atoms with van der Waals surface area (Å²) in [6.07, 6.45) is 7.10. The average Bonchev–Trinajstić information content (AvgIpc) is 3.33. The maximum atomic E-state index is 12.6. The number of H-pyrrole nitrogens is 1. The highest BCUT2D eigenvalue weighted by molar-refractivity contribution is 5.88. The standard InChI is InChI=1S/C25H34N8O/c1-17(2)21-6-5-9-26-23(21)16-33(15-22-19(4)12-18(3)13-27-22)20-7-10-32(11-8-20)25(34)29-24-14-28-31-30-24/h5-6,9,12-14,17,20H,7-8,10-11,15-16H2,1-4H3,(H2,28,29,30,31,34). The van der Waals surface area contributed by atoms with Gasteiger partial charge in [0.25, 0.3) is 0 Å². The third kappa shape index (κ3) is 5.77. The van der Waals surface area contributed by atoms with Gasteiger partial charge in [0.2, 0.25) is 0 Å². The van der Waals surface area contributed by atoms with Gasteiger partial charge >= 0.3 is 6.03 Å². The normalized spacial score (nSPS) is 14.7. The first-order chi connectivity index (χ1) is 16.4. The number of anilines is 1. The fourth-order valence-electron chi connectivity index (χ4n) is 4.60. The molecule has 2 amide bonds. The number of likely N-dealkylation sites (tertiary alicyclic amines) is 1. The lowest BCUT2D eigenvalue weighted by molar-refractivity contribution is 0.107. The van der Waals surface area contributed by atoms with Crippen LogP contribution in [0.15, 0.2) is 36.8 Å². The summed E-state index contributed by atoms with van der Waals surface area (Å²) in [7, 11) is 0. The van der Waals surface area contributed by atoms with Gasteiger partial charge in [0.05, 0.1) is 17.6 Å². The number of carbonyl (C=O) groups is 1. The number of carbonyl (C=O) groups excluding carboxylic acids is 1. The van der Waals surface area contributed by atoms with Crippen LogP contribution in [0.4, 0.5) is 10.6 Å². The number of hydrogen-bond donors (Lipinski definition) is 2. The topological polar surface area (TPSA) is 103 Å². The van der Waals surface area contributed by atoms with E-state index in [1.807, 2.05) is 23.4 Å². The summed E-state index contributed by atoms with van der Waals surface area (Å²) in [5, 5.41) is 13.0. The molecule has 3 aromatic heterocycles. The first kappa shape index (κ1) is 23.8. The molecule has 180 valence electrons. The van der Waals surface area contributed by atoms with Crippen LogP contribution in [0, 0.1) is 13.8 Å². The maximum Gasteiger partial charge on any atom is 0.323 e. The van der Waals surface area contributed by atoms with Crippen molar-refractivity contribution >= 4 is 11.8 Å². The molecule has 4 rings (SSSR count). The molecule has 2 N–H and O–H groups in total. The Balaban J connectivity index is 1.49. The van der Waals surface area contributed by atoms with Gasteiger partial charge in [-0.25, -0.2) is 4.79 Å². The minimum atomic E-state index is -0.137. The minimum absolute atomic E-state index is 0.137. The zero-order chi connectivity index (χ0) is 24.1. The summed E-state index contributed by atoms with van der Waals surface area (Å²) in [5.74, 6) is 0.845. The molecule has 0 saturated carbocycles. The molecule has 0 aromatic carbocycles. The van der Waals surface area contributed by atoms with Gasteiger partial charge in [-0.3, -0.25) is 20.2 Å². The van der Waals surface area contributed by atoms with Crippen molar-refractivity contribution in [3.8, 4) is 0 Å². The van der Waals surface area contributed by atoms with E-state index in [-0.39, 0.29) is 6.03 Å². The van der Waals surface area contributed by atoms with Crippen molar-refractivity contribution < 1.29 is 4.79 Å². The zero-order valence-corrected chi connectivity index (χ0v) is 20.5. The molecule has 0 aliphatic carbocycles. The van der Waals surface area contributed by atoms with E-state index in [0.717, 1.165) is 37.3 Å². The quantitative estimate of drug-likeness (QED) is 0.549. The van der Waals surface area contributed by atoms with Crippen molar-refractivity contribution in [2.75, 3.05) is 18.4 Å². The van der Waals surface area contributed by atoms with Gasteiger partial charge in [-0.15, -0.1) is 5.10 Å². The second kappa shape index (κ2) is 10.7. The van der Waals surface area contributed by atoms with Gasteiger partial charge in [-0.2, -0.15) is 10.3 Å². The van der Waals surface area contributed by atoms with Crippen molar-refractivity contribution in [3.05, 3.63) is 64.9 Å². The fourth-order valence-corrected chi connectivity index (χ4v) is 4.60. The van der Waals surface area contributed by atoms with Gasteiger partial charge in [0.1, 0.15) is 0 Å². The van der Waals surface area contributed by atoms with Gasteiger partial charge in [-0.1, -0.05) is 26.0 Å². The lowest BCUT2D eigenvalue weighted by Gasteiger charge is -2.38.